The average molecular weight is 459 g/mol. The SMILES string of the molecule is O=C(c1ccc(F)c(Cl)c1Cl)N1CCn2c(nnc2C(F)(F)F)C1c1ccccc1. The second kappa shape index (κ2) is 7.55. The molecular weight excluding hydrogens is 447 g/mol. The summed E-state index contributed by atoms with van der Waals surface area (Å²) in [5, 5.41) is 6.38. The maximum absolute atomic E-state index is 13.6. The molecule has 0 radical (unpaired) electrons. The van der Waals surface area contributed by atoms with Crippen LogP contribution in [0.25, 0.3) is 0 Å². The molecule has 0 aliphatic carbocycles. The summed E-state index contributed by atoms with van der Waals surface area (Å²) < 4.78 is 54.6. The highest BCUT2D eigenvalue weighted by Gasteiger charge is 2.43. The summed E-state index contributed by atoms with van der Waals surface area (Å²) in [6, 6.07) is 9.71. The second-order valence-electron chi connectivity index (χ2n) is 6.57. The molecule has 1 aliphatic heterocycles. The monoisotopic (exact) mass is 458 g/mol. The molecule has 2 aromatic carbocycles. The summed E-state index contributed by atoms with van der Waals surface area (Å²) in [5.41, 5.74) is 0.477. The first-order chi connectivity index (χ1) is 14.2. The number of carbonyl (C=O) groups excluding carboxylic acids is 1. The number of amides is 1. The van der Waals surface area contributed by atoms with Crippen molar-refractivity contribution in [3.8, 4) is 0 Å². The Kier molecular flexibility index (Phi) is 5.19. The van der Waals surface area contributed by atoms with Gasteiger partial charge >= 0.3 is 6.18 Å². The third-order valence-corrected chi connectivity index (χ3v) is 5.65. The number of nitrogens with zero attached hydrogens (tertiary/aromatic N) is 4. The summed E-state index contributed by atoms with van der Waals surface area (Å²) in [7, 11) is 0. The lowest BCUT2D eigenvalue weighted by molar-refractivity contribution is -0.148. The maximum atomic E-state index is 13.6. The highest BCUT2D eigenvalue weighted by atomic mass is 35.5. The van der Waals surface area contributed by atoms with E-state index in [1.165, 1.54) is 11.0 Å². The molecule has 1 aromatic heterocycles. The zero-order valence-corrected chi connectivity index (χ0v) is 16.5. The fourth-order valence-electron chi connectivity index (χ4n) is 3.45. The Morgan fingerprint density at radius 2 is 1.70 bits per heavy atom. The number of rotatable bonds is 2. The standard InChI is InChI=1S/C19H12Cl2F4N4O/c20-13-11(6-7-12(22)14(13)21)17(30)28-8-9-29-16(26-27-18(29)19(23,24)25)15(28)10-4-2-1-3-5-10/h1-7,15H,8-9H2. The van der Waals surface area contributed by atoms with Crippen molar-refractivity contribution in [2.24, 2.45) is 0 Å². The Morgan fingerprint density at radius 3 is 2.37 bits per heavy atom. The summed E-state index contributed by atoms with van der Waals surface area (Å²) in [5.74, 6) is -2.56. The third kappa shape index (κ3) is 3.41. The van der Waals surface area contributed by atoms with Crippen LogP contribution in [0.15, 0.2) is 42.5 Å². The molecule has 0 saturated heterocycles. The van der Waals surface area contributed by atoms with Gasteiger partial charge in [0.05, 0.1) is 15.6 Å². The van der Waals surface area contributed by atoms with Gasteiger partial charge in [-0.25, -0.2) is 4.39 Å². The first kappa shape index (κ1) is 20.6. The highest BCUT2D eigenvalue weighted by molar-refractivity contribution is 6.44. The van der Waals surface area contributed by atoms with E-state index in [0.29, 0.717) is 5.56 Å². The lowest BCUT2D eigenvalue weighted by atomic mass is 10.0. The van der Waals surface area contributed by atoms with Crippen molar-refractivity contribution in [1.82, 2.24) is 19.7 Å². The predicted octanol–water partition coefficient (Wildman–Crippen LogP) is 4.99. The number of alkyl halides is 3. The molecule has 0 saturated carbocycles. The molecule has 3 aromatic rings. The minimum absolute atomic E-state index is 0.0301. The summed E-state index contributed by atoms with van der Waals surface area (Å²) in [6.07, 6.45) is -4.69. The molecule has 0 spiro atoms. The van der Waals surface area contributed by atoms with E-state index < -0.39 is 34.8 Å². The van der Waals surface area contributed by atoms with Gasteiger partial charge in [0.2, 0.25) is 5.82 Å². The van der Waals surface area contributed by atoms with Crippen LogP contribution in [0, 0.1) is 5.82 Å². The summed E-state index contributed by atoms with van der Waals surface area (Å²) in [4.78, 5) is 14.6. The molecule has 1 amide bonds. The van der Waals surface area contributed by atoms with Crippen molar-refractivity contribution < 1.29 is 22.4 Å². The van der Waals surface area contributed by atoms with Crippen LogP contribution in [0.2, 0.25) is 10.0 Å². The van der Waals surface area contributed by atoms with E-state index in [-0.39, 0.29) is 29.5 Å². The molecule has 0 bridgehead atoms. The van der Waals surface area contributed by atoms with E-state index in [0.717, 1.165) is 10.6 Å². The Hall–Kier alpha value is -2.65. The minimum atomic E-state index is -4.69. The van der Waals surface area contributed by atoms with Crippen molar-refractivity contribution in [2.45, 2.75) is 18.8 Å². The zero-order chi connectivity index (χ0) is 21.6. The van der Waals surface area contributed by atoms with Gasteiger partial charge in [0, 0.05) is 13.1 Å². The first-order valence-electron chi connectivity index (χ1n) is 8.70. The van der Waals surface area contributed by atoms with E-state index in [9.17, 15) is 22.4 Å². The molecule has 1 atom stereocenters. The Labute approximate surface area is 177 Å². The van der Waals surface area contributed by atoms with E-state index in [1.54, 1.807) is 30.3 Å². The largest absolute Gasteiger partial charge is 0.451 e. The van der Waals surface area contributed by atoms with Crippen LogP contribution in [-0.4, -0.2) is 32.1 Å². The molecule has 1 unspecified atom stereocenters. The molecule has 4 rings (SSSR count). The first-order valence-corrected chi connectivity index (χ1v) is 9.45. The molecule has 0 fully saturated rings. The van der Waals surface area contributed by atoms with Crippen molar-refractivity contribution in [1.29, 1.82) is 0 Å². The van der Waals surface area contributed by atoms with Crippen LogP contribution >= 0.6 is 23.2 Å². The Bertz CT molecular complexity index is 1120. The topological polar surface area (TPSA) is 51.0 Å². The van der Waals surface area contributed by atoms with Gasteiger partial charge in [0.15, 0.2) is 5.82 Å². The molecule has 0 N–H and O–H groups in total. The number of hydrogen-bond acceptors (Lipinski definition) is 3. The van der Waals surface area contributed by atoms with Crippen molar-refractivity contribution in [2.75, 3.05) is 6.54 Å². The van der Waals surface area contributed by atoms with E-state index in [4.69, 9.17) is 23.2 Å². The lowest BCUT2D eigenvalue weighted by Crippen LogP contribution is -2.43. The van der Waals surface area contributed by atoms with Gasteiger partial charge in [-0.2, -0.15) is 13.2 Å². The number of benzene rings is 2. The Morgan fingerprint density at radius 1 is 1.00 bits per heavy atom. The van der Waals surface area contributed by atoms with Gasteiger partial charge < -0.3 is 9.47 Å². The lowest BCUT2D eigenvalue weighted by Gasteiger charge is -2.36. The molecule has 1 aliphatic rings. The van der Waals surface area contributed by atoms with E-state index in [2.05, 4.69) is 10.2 Å². The smallest absolute Gasteiger partial charge is 0.322 e. The van der Waals surface area contributed by atoms with Crippen LogP contribution in [0.4, 0.5) is 17.6 Å². The second-order valence-corrected chi connectivity index (χ2v) is 7.32. The van der Waals surface area contributed by atoms with Gasteiger partial charge in [0.25, 0.3) is 5.91 Å². The fourth-order valence-corrected chi connectivity index (χ4v) is 3.85. The van der Waals surface area contributed by atoms with Crippen LogP contribution in [0.5, 0.6) is 0 Å². The predicted molar refractivity (Wildman–Crippen MR) is 101 cm³/mol. The van der Waals surface area contributed by atoms with Gasteiger partial charge in [-0.15, -0.1) is 10.2 Å². The maximum Gasteiger partial charge on any atom is 0.451 e. The van der Waals surface area contributed by atoms with E-state index >= 15 is 0 Å². The molecule has 11 heteroatoms. The average Bonchev–Trinajstić information content (AvgIpc) is 3.16. The number of fused-ring (bicyclic) bond motifs is 1. The summed E-state index contributed by atoms with van der Waals surface area (Å²) >= 11 is 11.9. The summed E-state index contributed by atoms with van der Waals surface area (Å²) in [6.45, 7) is -0.239. The van der Waals surface area contributed by atoms with Crippen molar-refractivity contribution >= 4 is 29.1 Å². The zero-order valence-electron chi connectivity index (χ0n) is 15.0. The normalized spacial score (nSPS) is 16.5. The van der Waals surface area contributed by atoms with Gasteiger partial charge in [-0.3, -0.25) is 4.79 Å². The van der Waals surface area contributed by atoms with Crippen molar-refractivity contribution in [3.63, 3.8) is 0 Å². The Balaban J connectivity index is 1.83. The van der Waals surface area contributed by atoms with Crippen LogP contribution in [0.1, 0.15) is 33.6 Å². The molecule has 30 heavy (non-hydrogen) atoms. The molecular formula is C19H12Cl2F4N4O. The number of halogens is 6. The quantitative estimate of drug-likeness (QED) is 0.401. The molecule has 156 valence electrons. The molecule has 2 heterocycles. The number of hydrogen-bond donors (Lipinski definition) is 0. The van der Waals surface area contributed by atoms with E-state index in [1.807, 2.05) is 0 Å². The van der Waals surface area contributed by atoms with Crippen molar-refractivity contribution in [3.05, 3.63) is 81.1 Å². The molecule has 5 nitrogen and oxygen atoms in total. The fraction of sp³-hybridized carbons (Fsp3) is 0.211. The minimum Gasteiger partial charge on any atom is -0.322 e. The van der Waals surface area contributed by atoms with Crippen LogP contribution in [0.3, 0.4) is 0 Å². The third-order valence-electron chi connectivity index (χ3n) is 4.80. The highest BCUT2D eigenvalue weighted by Crippen LogP contribution is 2.38. The van der Waals surface area contributed by atoms with Gasteiger partial charge in [-0.1, -0.05) is 53.5 Å². The van der Waals surface area contributed by atoms with Crippen LogP contribution in [-0.2, 0) is 12.7 Å². The van der Waals surface area contributed by atoms with Crippen LogP contribution < -0.4 is 0 Å². The number of aromatic nitrogens is 3. The van der Waals surface area contributed by atoms with Gasteiger partial charge in [-0.05, 0) is 17.7 Å². The van der Waals surface area contributed by atoms with Gasteiger partial charge in [0.1, 0.15) is 11.9 Å². The number of carbonyl (C=O) groups is 1.